The lowest BCUT2D eigenvalue weighted by Crippen LogP contribution is -2.46. The van der Waals surface area contributed by atoms with Gasteiger partial charge in [-0.3, -0.25) is 0 Å². The molecule has 0 aliphatic carbocycles. The van der Waals surface area contributed by atoms with Crippen molar-refractivity contribution < 1.29 is 19.4 Å². The first-order valence-electron chi connectivity index (χ1n) is 5.89. The van der Waals surface area contributed by atoms with Crippen LogP contribution in [0.25, 0.3) is 0 Å². The summed E-state index contributed by atoms with van der Waals surface area (Å²) in [6.07, 6.45) is 1.71. The molecule has 0 bridgehead atoms. The molecule has 2 fully saturated rings. The Morgan fingerprint density at radius 3 is 2.75 bits per heavy atom. The van der Waals surface area contributed by atoms with Crippen molar-refractivity contribution in [1.82, 2.24) is 4.90 Å². The number of piperidine rings is 1. The lowest BCUT2D eigenvalue weighted by Gasteiger charge is -2.37. The number of hydrogen-bond donors (Lipinski definition) is 1. The molecular weight excluding hydrogens is 210 g/mol. The van der Waals surface area contributed by atoms with Gasteiger partial charge in [-0.2, -0.15) is 0 Å². The second-order valence-electron chi connectivity index (χ2n) is 4.54. The summed E-state index contributed by atoms with van der Waals surface area (Å²) < 4.78 is 10.6. The van der Waals surface area contributed by atoms with Gasteiger partial charge in [0.15, 0.2) is 0 Å². The Morgan fingerprint density at radius 2 is 2.25 bits per heavy atom. The Balaban J connectivity index is 1.85. The highest BCUT2D eigenvalue weighted by atomic mass is 16.6. The van der Waals surface area contributed by atoms with Crippen LogP contribution in [-0.4, -0.2) is 54.1 Å². The third-order valence-electron chi connectivity index (χ3n) is 3.39. The Bertz CT molecular complexity index is 261. The fourth-order valence-electron chi connectivity index (χ4n) is 2.48. The normalized spacial score (nSPS) is 28.4. The van der Waals surface area contributed by atoms with Gasteiger partial charge in [0.2, 0.25) is 0 Å². The first-order valence-corrected chi connectivity index (χ1v) is 5.89. The lowest BCUT2D eigenvalue weighted by atomic mass is 9.88. The first kappa shape index (κ1) is 11.7. The Kier molecular flexibility index (Phi) is 3.35. The minimum atomic E-state index is -0.339. The predicted molar refractivity (Wildman–Crippen MR) is 57.1 cm³/mol. The van der Waals surface area contributed by atoms with Gasteiger partial charge in [-0.15, -0.1) is 0 Å². The summed E-state index contributed by atoms with van der Waals surface area (Å²) in [6.45, 7) is 3.96. The Labute approximate surface area is 95.3 Å². The molecule has 1 spiro atoms. The summed E-state index contributed by atoms with van der Waals surface area (Å²) in [5, 5.41) is 9.48. The van der Waals surface area contributed by atoms with Crippen LogP contribution in [0, 0.1) is 0 Å². The van der Waals surface area contributed by atoms with E-state index in [0.717, 1.165) is 12.8 Å². The molecule has 0 unspecified atom stereocenters. The molecule has 16 heavy (non-hydrogen) atoms. The maximum atomic E-state index is 11.5. The van der Waals surface area contributed by atoms with E-state index in [1.54, 1.807) is 11.8 Å². The number of likely N-dealkylation sites (tertiary alicyclic amines) is 1. The maximum Gasteiger partial charge on any atom is 0.409 e. The van der Waals surface area contributed by atoms with E-state index in [2.05, 4.69) is 0 Å². The maximum absolute atomic E-state index is 11.5. The molecule has 1 atom stereocenters. The molecule has 0 aromatic rings. The second kappa shape index (κ2) is 4.59. The van der Waals surface area contributed by atoms with Gasteiger partial charge < -0.3 is 19.5 Å². The average molecular weight is 229 g/mol. The van der Waals surface area contributed by atoms with Crippen molar-refractivity contribution >= 4 is 6.09 Å². The fraction of sp³-hybridized carbons (Fsp3) is 0.909. The third kappa shape index (κ3) is 2.30. The van der Waals surface area contributed by atoms with Gasteiger partial charge in [0.25, 0.3) is 0 Å². The number of ether oxygens (including phenoxy) is 2. The monoisotopic (exact) mass is 229 g/mol. The highest BCUT2D eigenvalue weighted by Crippen LogP contribution is 2.35. The highest BCUT2D eigenvalue weighted by molar-refractivity contribution is 5.67. The molecule has 2 aliphatic rings. The second-order valence-corrected chi connectivity index (χ2v) is 4.54. The van der Waals surface area contributed by atoms with Crippen molar-refractivity contribution in [3.8, 4) is 0 Å². The average Bonchev–Trinajstić information content (AvgIpc) is 2.61. The van der Waals surface area contributed by atoms with Gasteiger partial charge >= 0.3 is 6.09 Å². The smallest absolute Gasteiger partial charge is 0.409 e. The van der Waals surface area contributed by atoms with Crippen molar-refractivity contribution in [1.29, 1.82) is 0 Å². The first-order chi connectivity index (χ1) is 7.65. The number of aliphatic hydroxyl groups is 1. The van der Waals surface area contributed by atoms with Crippen LogP contribution >= 0.6 is 0 Å². The van der Waals surface area contributed by atoms with E-state index < -0.39 is 0 Å². The van der Waals surface area contributed by atoms with Gasteiger partial charge in [-0.1, -0.05) is 0 Å². The highest BCUT2D eigenvalue weighted by Gasteiger charge is 2.43. The number of hydrogen-bond acceptors (Lipinski definition) is 4. The van der Waals surface area contributed by atoms with E-state index in [1.165, 1.54) is 0 Å². The molecule has 2 rings (SSSR count). The van der Waals surface area contributed by atoms with E-state index in [0.29, 0.717) is 32.7 Å². The molecule has 5 heteroatoms. The summed E-state index contributed by atoms with van der Waals surface area (Å²) in [4.78, 5) is 13.2. The van der Waals surface area contributed by atoms with E-state index in [1.807, 2.05) is 0 Å². The molecule has 2 aliphatic heterocycles. The molecule has 0 aromatic carbocycles. The number of nitrogens with zero attached hydrogens (tertiary/aromatic N) is 1. The van der Waals surface area contributed by atoms with Crippen molar-refractivity contribution in [3.05, 3.63) is 0 Å². The van der Waals surface area contributed by atoms with Crippen LogP contribution in [0.5, 0.6) is 0 Å². The van der Waals surface area contributed by atoms with Crippen LogP contribution in [-0.2, 0) is 9.47 Å². The minimum Gasteiger partial charge on any atom is -0.450 e. The number of aliphatic hydroxyl groups excluding tert-OH is 1. The van der Waals surface area contributed by atoms with Gasteiger partial charge in [-0.05, 0) is 19.8 Å². The van der Waals surface area contributed by atoms with Crippen LogP contribution in [0.2, 0.25) is 0 Å². The van der Waals surface area contributed by atoms with E-state index in [4.69, 9.17) is 9.47 Å². The quantitative estimate of drug-likeness (QED) is 0.721. The van der Waals surface area contributed by atoms with Gasteiger partial charge in [-0.25, -0.2) is 4.79 Å². The summed E-state index contributed by atoms with van der Waals surface area (Å²) in [5.74, 6) is 0. The molecular formula is C11H19NO4. The lowest BCUT2D eigenvalue weighted by molar-refractivity contribution is -0.0423. The molecule has 92 valence electrons. The Hall–Kier alpha value is -0.810. The number of rotatable bonds is 1. The summed E-state index contributed by atoms with van der Waals surface area (Å²) in [6, 6.07) is 0. The zero-order valence-corrected chi connectivity index (χ0v) is 9.65. The van der Waals surface area contributed by atoms with Crippen LogP contribution in [0.4, 0.5) is 4.79 Å². The van der Waals surface area contributed by atoms with Gasteiger partial charge in [0.05, 0.1) is 24.9 Å². The van der Waals surface area contributed by atoms with Crippen molar-refractivity contribution in [2.24, 2.45) is 0 Å². The molecule has 1 amide bonds. The molecule has 0 saturated carbocycles. The van der Waals surface area contributed by atoms with Gasteiger partial charge in [0.1, 0.15) is 0 Å². The molecule has 5 nitrogen and oxygen atoms in total. The standard InChI is InChI=1S/C11H19NO4/c1-2-15-10(14)12-5-3-11(4-6-12)7-9(13)8-16-11/h9,13H,2-8H2,1H3/t9-/m1/s1. The molecule has 0 aromatic heterocycles. The molecule has 2 saturated heterocycles. The Morgan fingerprint density at radius 1 is 1.56 bits per heavy atom. The number of carbonyl (C=O) groups is 1. The topological polar surface area (TPSA) is 59.0 Å². The SMILES string of the molecule is CCOC(=O)N1CCC2(CC1)C[C@@H](O)CO2. The molecule has 1 N–H and O–H groups in total. The summed E-state index contributed by atoms with van der Waals surface area (Å²) in [5.41, 5.74) is -0.192. The number of carbonyl (C=O) groups excluding carboxylic acids is 1. The van der Waals surface area contributed by atoms with E-state index in [9.17, 15) is 9.90 Å². The largest absolute Gasteiger partial charge is 0.450 e. The molecule has 0 radical (unpaired) electrons. The van der Waals surface area contributed by atoms with Crippen molar-refractivity contribution in [2.75, 3.05) is 26.3 Å². The van der Waals surface area contributed by atoms with Gasteiger partial charge in [0, 0.05) is 19.5 Å². The van der Waals surface area contributed by atoms with E-state index >= 15 is 0 Å². The zero-order chi connectivity index (χ0) is 11.6. The number of amides is 1. The predicted octanol–water partition coefficient (Wildman–Crippen LogP) is 0.759. The summed E-state index contributed by atoms with van der Waals surface area (Å²) >= 11 is 0. The third-order valence-corrected chi connectivity index (χ3v) is 3.39. The van der Waals surface area contributed by atoms with Crippen molar-refractivity contribution in [2.45, 2.75) is 37.9 Å². The van der Waals surface area contributed by atoms with Crippen LogP contribution in [0.3, 0.4) is 0 Å². The zero-order valence-electron chi connectivity index (χ0n) is 9.65. The minimum absolute atomic E-state index is 0.192. The van der Waals surface area contributed by atoms with Crippen LogP contribution in [0.1, 0.15) is 26.2 Å². The fourth-order valence-corrected chi connectivity index (χ4v) is 2.48. The molecule has 2 heterocycles. The van der Waals surface area contributed by atoms with Crippen molar-refractivity contribution in [3.63, 3.8) is 0 Å². The van der Waals surface area contributed by atoms with E-state index in [-0.39, 0.29) is 17.8 Å². The van der Waals surface area contributed by atoms with Crippen LogP contribution < -0.4 is 0 Å². The summed E-state index contributed by atoms with van der Waals surface area (Å²) in [7, 11) is 0. The van der Waals surface area contributed by atoms with Crippen LogP contribution in [0.15, 0.2) is 0 Å².